The van der Waals surface area contributed by atoms with Crippen LogP contribution in [-0.2, 0) is 4.79 Å². The molecule has 0 saturated carbocycles. The van der Waals surface area contributed by atoms with Gasteiger partial charge < -0.3 is 0 Å². The van der Waals surface area contributed by atoms with Crippen molar-refractivity contribution in [2.45, 2.75) is 19.2 Å². The van der Waals surface area contributed by atoms with Crippen molar-refractivity contribution in [2.75, 3.05) is 0 Å². The molecule has 2 amide bonds. The minimum Gasteiger partial charge on any atom is -0.272 e. The second kappa shape index (κ2) is 5.51. The molecule has 0 aliphatic heterocycles. The first-order valence-corrected chi connectivity index (χ1v) is 5.25. The number of carbonyl (C=O) groups is 2. The number of alkyl halides is 1. The van der Waals surface area contributed by atoms with Crippen molar-refractivity contribution in [1.82, 2.24) is 10.9 Å². The summed E-state index contributed by atoms with van der Waals surface area (Å²) in [4.78, 5) is 22.6. The van der Waals surface area contributed by atoms with Gasteiger partial charge in [-0.2, -0.15) is 0 Å². The summed E-state index contributed by atoms with van der Waals surface area (Å²) in [5.41, 5.74) is 6.05. The van der Waals surface area contributed by atoms with E-state index in [1.54, 1.807) is 12.1 Å². The van der Waals surface area contributed by atoms with E-state index < -0.39 is 11.3 Å². The van der Waals surface area contributed by atoms with Crippen LogP contribution in [0.1, 0.15) is 22.8 Å². The molecule has 86 valence electrons. The van der Waals surface area contributed by atoms with E-state index in [0.717, 1.165) is 5.56 Å². The second-order valence-electron chi connectivity index (χ2n) is 3.43. The number of carbonyl (C=O) groups excluding carboxylic acids is 2. The number of rotatable bonds is 2. The van der Waals surface area contributed by atoms with Crippen LogP contribution in [0.15, 0.2) is 24.3 Å². The molecule has 1 atom stereocenters. The Kier molecular flexibility index (Phi) is 4.31. The molecule has 2 N–H and O–H groups in total. The van der Waals surface area contributed by atoms with Gasteiger partial charge in [-0.15, -0.1) is 11.6 Å². The maximum Gasteiger partial charge on any atom is 0.269 e. The van der Waals surface area contributed by atoms with E-state index in [0.29, 0.717) is 5.56 Å². The highest BCUT2D eigenvalue weighted by molar-refractivity contribution is 6.30. The zero-order chi connectivity index (χ0) is 12.1. The van der Waals surface area contributed by atoms with Crippen molar-refractivity contribution in [2.24, 2.45) is 0 Å². The van der Waals surface area contributed by atoms with E-state index in [1.807, 2.05) is 19.1 Å². The van der Waals surface area contributed by atoms with E-state index in [2.05, 4.69) is 10.9 Å². The lowest BCUT2D eigenvalue weighted by atomic mass is 10.1. The summed E-state index contributed by atoms with van der Waals surface area (Å²) < 4.78 is 0. The highest BCUT2D eigenvalue weighted by Gasteiger charge is 2.10. The van der Waals surface area contributed by atoms with Crippen molar-refractivity contribution >= 4 is 23.4 Å². The Morgan fingerprint density at radius 2 is 1.75 bits per heavy atom. The van der Waals surface area contributed by atoms with Gasteiger partial charge in [-0.25, -0.2) is 0 Å². The smallest absolute Gasteiger partial charge is 0.269 e. The lowest BCUT2D eigenvalue weighted by molar-refractivity contribution is -0.121. The monoisotopic (exact) mass is 240 g/mol. The molecule has 0 fully saturated rings. The highest BCUT2D eigenvalue weighted by Crippen LogP contribution is 2.02. The standard InChI is InChI=1S/C11H13ClN2O2/c1-7-3-5-9(6-4-7)11(16)14-13-10(15)8(2)12/h3-6,8H,1-2H3,(H,13,15)(H,14,16)/t8-/m1/s1. The fraction of sp³-hybridized carbons (Fsp3) is 0.273. The van der Waals surface area contributed by atoms with Gasteiger partial charge in [0.25, 0.3) is 11.8 Å². The molecule has 0 aliphatic carbocycles. The summed E-state index contributed by atoms with van der Waals surface area (Å²) in [6, 6.07) is 7.00. The van der Waals surface area contributed by atoms with E-state index in [1.165, 1.54) is 6.92 Å². The molecular weight excluding hydrogens is 228 g/mol. The molecule has 0 aliphatic rings. The SMILES string of the molecule is Cc1ccc(C(=O)NNC(=O)[C@@H](C)Cl)cc1. The molecule has 0 heterocycles. The molecule has 1 rings (SSSR count). The Morgan fingerprint density at radius 3 is 2.25 bits per heavy atom. The van der Waals surface area contributed by atoms with Crippen molar-refractivity contribution in [1.29, 1.82) is 0 Å². The van der Waals surface area contributed by atoms with Crippen LogP contribution in [0.2, 0.25) is 0 Å². The first kappa shape index (κ1) is 12.5. The van der Waals surface area contributed by atoms with Gasteiger partial charge in [0.2, 0.25) is 0 Å². The van der Waals surface area contributed by atoms with Gasteiger partial charge >= 0.3 is 0 Å². The summed E-state index contributed by atoms with van der Waals surface area (Å²) >= 11 is 5.52. The Bertz CT molecular complexity index is 387. The van der Waals surface area contributed by atoms with Gasteiger partial charge in [-0.1, -0.05) is 17.7 Å². The number of aryl methyl sites for hydroxylation is 1. The van der Waals surface area contributed by atoms with Crippen molar-refractivity contribution in [3.63, 3.8) is 0 Å². The van der Waals surface area contributed by atoms with Gasteiger partial charge in [-0.05, 0) is 26.0 Å². The average Bonchev–Trinajstić information content (AvgIpc) is 2.26. The lowest BCUT2D eigenvalue weighted by Crippen LogP contribution is -2.44. The Morgan fingerprint density at radius 1 is 1.19 bits per heavy atom. The van der Waals surface area contributed by atoms with Gasteiger partial charge in [0, 0.05) is 5.56 Å². The lowest BCUT2D eigenvalue weighted by Gasteiger charge is -2.08. The van der Waals surface area contributed by atoms with Gasteiger partial charge in [0.15, 0.2) is 0 Å². The van der Waals surface area contributed by atoms with Gasteiger partial charge in [0.05, 0.1) is 0 Å². The number of hydrogen-bond acceptors (Lipinski definition) is 2. The summed E-state index contributed by atoms with van der Waals surface area (Å²) in [6.45, 7) is 3.45. The van der Waals surface area contributed by atoms with Crippen LogP contribution in [-0.4, -0.2) is 17.2 Å². The third-order valence-electron chi connectivity index (χ3n) is 1.97. The predicted molar refractivity (Wildman–Crippen MR) is 62.1 cm³/mol. The Hall–Kier alpha value is -1.55. The summed E-state index contributed by atoms with van der Waals surface area (Å²) in [5.74, 6) is -0.812. The quantitative estimate of drug-likeness (QED) is 0.606. The summed E-state index contributed by atoms with van der Waals surface area (Å²) in [5, 5.41) is -0.682. The molecule has 16 heavy (non-hydrogen) atoms. The number of nitrogens with one attached hydrogen (secondary N) is 2. The molecule has 1 aromatic rings. The zero-order valence-corrected chi connectivity index (χ0v) is 9.84. The van der Waals surface area contributed by atoms with E-state index in [4.69, 9.17) is 11.6 Å². The average molecular weight is 241 g/mol. The molecule has 0 radical (unpaired) electrons. The van der Waals surface area contributed by atoms with Crippen LogP contribution >= 0.6 is 11.6 Å². The minimum absolute atomic E-state index is 0.370. The van der Waals surface area contributed by atoms with Crippen LogP contribution in [0.4, 0.5) is 0 Å². The maximum absolute atomic E-state index is 11.5. The molecule has 5 heteroatoms. The molecule has 1 aromatic carbocycles. The molecule has 4 nitrogen and oxygen atoms in total. The number of benzene rings is 1. The van der Waals surface area contributed by atoms with Gasteiger partial charge in [-0.3, -0.25) is 20.4 Å². The van der Waals surface area contributed by atoms with Crippen molar-refractivity contribution in [3.05, 3.63) is 35.4 Å². The topological polar surface area (TPSA) is 58.2 Å². The maximum atomic E-state index is 11.5. The second-order valence-corrected chi connectivity index (χ2v) is 4.08. The van der Waals surface area contributed by atoms with E-state index in [9.17, 15) is 9.59 Å². The number of hydrazine groups is 1. The molecular formula is C11H13ClN2O2. The molecule has 0 aromatic heterocycles. The van der Waals surface area contributed by atoms with E-state index >= 15 is 0 Å². The fourth-order valence-electron chi connectivity index (χ4n) is 0.995. The van der Waals surface area contributed by atoms with E-state index in [-0.39, 0.29) is 5.91 Å². The van der Waals surface area contributed by atoms with Crippen LogP contribution in [0.3, 0.4) is 0 Å². The Balaban J connectivity index is 2.53. The third-order valence-corrected chi connectivity index (χ3v) is 2.17. The molecule has 0 bridgehead atoms. The summed E-state index contributed by atoms with van der Waals surface area (Å²) in [6.07, 6.45) is 0. The van der Waals surface area contributed by atoms with Crippen LogP contribution in [0.5, 0.6) is 0 Å². The third kappa shape index (κ3) is 3.55. The normalized spacial score (nSPS) is 11.7. The molecule has 0 unspecified atom stereocenters. The minimum atomic E-state index is -0.682. The van der Waals surface area contributed by atoms with Crippen LogP contribution in [0.25, 0.3) is 0 Å². The van der Waals surface area contributed by atoms with Crippen LogP contribution in [0, 0.1) is 6.92 Å². The van der Waals surface area contributed by atoms with Crippen molar-refractivity contribution in [3.8, 4) is 0 Å². The first-order valence-electron chi connectivity index (χ1n) is 4.81. The predicted octanol–water partition coefficient (Wildman–Crippen LogP) is 1.38. The molecule has 0 saturated heterocycles. The Labute approximate surface area is 99.0 Å². The highest BCUT2D eigenvalue weighted by atomic mass is 35.5. The number of amides is 2. The fourth-order valence-corrected chi connectivity index (χ4v) is 1.05. The first-order chi connectivity index (χ1) is 7.50. The van der Waals surface area contributed by atoms with Crippen molar-refractivity contribution < 1.29 is 9.59 Å². The van der Waals surface area contributed by atoms with Gasteiger partial charge in [0.1, 0.15) is 5.38 Å². The summed E-state index contributed by atoms with van der Waals surface area (Å²) in [7, 11) is 0. The zero-order valence-electron chi connectivity index (χ0n) is 9.08. The number of halogens is 1. The molecule has 0 spiro atoms. The van der Waals surface area contributed by atoms with Crippen LogP contribution < -0.4 is 10.9 Å². The number of hydrogen-bond donors (Lipinski definition) is 2. The largest absolute Gasteiger partial charge is 0.272 e.